The number of rotatable bonds is 14. The van der Waals surface area contributed by atoms with Gasteiger partial charge in [-0.15, -0.1) is 0 Å². The Morgan fingerprint density at radius 1 is 0.907 bits per heavy atom. The molecule has 0 saturated heterocycles. The van der Waals surface area contributed by atoms with Crippen molar-refractivity contribution in [2.75, 3.05) is 30.5 Å². The van der Waals surface area contributed by atoms with Gasteiger partial charge in [0, 0.05) is 35.5 Å². The molecule has 4 aromatic rings. The maximum atomic E-state index is 13.2. The van der Waals surface area contributed by atoms with E-state index in [0.717, 1.165) is 16.8 Å². The van der Waals surface area contributed by atoms with Crippen LogP contribution in [0.2, 0.25) is 0 Å². The van der Waals surface area contributed by atoms with E-state index < -0.39 is 12.0 Å². The molecule has 0 aromatic heterocycles. The normalized spacial score (nSPS) is 11.2. The largest absolute Gasteiger partial charge is 0.494 e. The number of amides is 1. The van der Waals surface area contributed by atoms with Gasteiger partial charge in [0.25, 0.3) is 0 Å². The molecule has 0 saturated carbocycles. The molecule has 0 aliphatic heterocycles. The van der Waals surface area contributed by atoms with E-state index in [1.54, 1.807) is 35.2 Å². The topological polar surface area (TPSA) is 84.9 Å². The monoisotopic (exact) mass is 576 g/mol. The van der Waals surface area contributed by atoms with Gasteiger partial charge in [0.15, 0.2) is 5.78 Å². The van der Waals surface area contributed by atoms with Crippen molar-refractivity contribution in [1.29, 1.82) is 0 Å². The molecule has 43 heavy (non-hydrogen) atoms. The molecule has 1 amide bonds. The maximum Gasteiger partial charge on any atom is 0.328 e. The number of carbonyl (C=O) groups is 3. The first kappa shape index (κ1) is 30.8. The van der Waals surface area contributed by atoms with Gasteiger partial charge in [-0.1, -0.05) is 73.3 Å². The molecule has 220 valence electrons. The van der Waals surface area contributed by atoms with Gasteiger partial charge in [0.05, 0.1) is 13.7 Å². The van der Waals surface area contributed by atoms with Gasteiger partial charge in [-0.25, -0.2) is 4.79 Å². The molecule has 0 radical (unpaired) electrons. The van der Waals surface area contributed by atoms with Crippen LogP contribution >= 0.6 is 0 Å². The minimum atomic E-state index is -0.712. The van der Waals surface area contributed by atoms with Gasteiger partial charge >= 0.3 is 5.97 Å². The van der Waals surface area contributed by atoms with Crippen molar-refractivity contribution in [1.82, 2.24) is 0 Å². The molecule has 4 rings (SSSR count). The minimum absolute atomic E-state index is 0.135. The fourth-order valence-electron chi connectivity index (χ4n) is 4.72. The van der Waals surface area contributed by atoms with Crippen molar-refractivity contribution in [2.24, 2.45) is 0 Å². The molecule has 0 aliphatic rings. The van der Waals surface area contributed by atoms with Crippen LogP contribution in [-0.2, 0) is 20.7 Å². The van der Waals surface area contributed by atoms with Crippen LogP contribution < -0.4 is 15.0 Å². The third-order valence-electron chi connectivity index (χ3n) is 6.94. The Hall–Kier alpha value is -5.17. The summed E-state index contributed by atoms with van der Waals surface area (Å²) < 4.78 is 11.0. The molecule has 0 aliphatic carbocycles. The molecule has 0 fully saturated rings. The number of para-hydroxylation sites is 1. The number of benzene rings is 4. The zero-order valence-electron chi connectivity index (χ0n) is 24.5. The number of aryl methyl sites for hydroxylation is 1. The van der Waals surface area contributed by atoms with E-state index in [0.29, 0.717) is 48.6 Å². The molecule has 0 heterocycles. The van der Waals surface area contributed by atoms with E-state index in [9.17, 15) is 14.4 Å². The molecule has 7 nitrogen and oxygen atoms in total. The third-order valence-corrected chi connectivity index (χ3v) is 6.94. The Balaban J connectivity index is 1.37. The molecule has 0 spiro atoms. The van der Waals surface area contributed by atoms with Crippen LogP contribution in [-0.4, -0.2) is 44.0 Å². The molecule has 7 heteroatoms. The van der Waals surface area contributed by atoms with Gasteiger partial charge in [0.2, 0.25) is 5.91 Å². The van der Waals surface area contributed by atoms with Gasteiger partial charge in [-0.05, 0) is 66.9 Å². The van der Waals surface area contributed by atoms with E-state index in [1.165, 1.54) is 13.2 Å². The molecule has 1 N–H and O–H groups in total. The predicted molar refractivity (Wildman–Crippen MR) is 170 cm³/mol. The highest BCUT2D eigenvalue weighted by molar-refractivity contribution is 6.12. The van der Waals surface area contributed by atoms with Gasteiger partial charge < -0.3 is 19.7 Å². The zero-order chi connectivity index (χ0) is 30.6. The van der Waals surface area contributed by atoms with Crippen LogP contribution in [0.3, 0.4) is 0 Å². The summed E-state index contributed by atoms with van der Waals surface area (Å²) in [4.78, 5) is 40.0. The SMILES string of the molecule is C=CC(=O)N(CCCOc1ccc(C[C@H](Nc2ccccc2C(=O)c2ccccc2)C(=O)OC)cc1)c1cccc(C)c1. The number of hydrogen-bond acceptors (Lipinski definition) is 6. The number of ether oxygens (including phenoxy) is 2. The number of ketones is 1. The lowest BCUT2D eigenvalue weighted by atomic mass is 10.00. The summed E-state index contributed by atoms with van der Waals surface area (Å²) in [5.41, 5.74) is 4.39. The van der Waals surface area contributed by atoms with Crippen molar-refractivity contribution in [3.05, 3.63) is 138 Å². The quantitative estimate of drug-likeness (QED) is 0.0808. The van der Waals surface area contributed by atoms with Crippen molar-refractivity contribution in [3.8, 4) is 5.75 Å². The second-order valence-corrected chi connectivity index (χ2v) is 10.0. The zero-order valence-corrected chi connectivity index (χ0v) is 24.5. The van der Waals surface area contributed by atoms with Gasteiger partial charge in [-0.2, -0.15) is 0 Å². The van der Waals surface area contributed by atoms with Crippen LogP contribution in [0.4, 0.5) is 11.4 Å². The van der Waals surface area contributed by atoms with Gasteiger partial charge in [-0.3, -0.25) is 9.59 Å². The lowest BCUT2D eigenvalue weighted by Crippen LogP contribution is -2.33. The Labute approximate surface area is 252 Å². The number of methoxy groups -OCH3 is 1. The van der Waals surface area contributed by atoms with Crippen LogP contribution in [0.15, 0.2) is 116 Å². The molecular formula is C36H36N2O5. The highest BCUT2D eigenvalue weighted by atomic mass is 16.5. The standard InChI is InChI=1S/C36H36N2O5/c1-4-34(39)38(29-15-10-12-26(2)24-29)22-11-23-43-30-20-18-27(19-21-30)25-33(36(41)42-3)37-32-17-9-8-16-31(32)35(40)28-13-6-5-7-14-28/h4-10,12-21,24,33,37H,1,11,22-23,25H2,2-3H3/t33-/m0/s1. The first-order chi connectivity index (χ1) is 20.9. The second-order valence-electron chi connectivity index (χ2n) is 10.0. The van der Waals surface area contributed by atoms with E-state index in [-0.39, 0.29) is 11.7 Å². The lowest BCUT2D eigenvalue weighted by Gasteiger charge is -2.22. The summed E-state index contributed by atoms with van der Waals surface area (Å²) in [6.07, 6.45) is 2.29. The number of hydrogen-bond donors (Lipinski definition) is 1. The fraction of sp³-hybridized carbons (Fsp3) is 0.194. The van der Waals surface area contributed by atoms with Crippen LogP contribution in [0.1, 0.15) is 33.5 Å². The van der Waals surface area contributed by atoms with E-state index in [4.69, 9.17) is 9.47 Å². The predicted octanol–water partition coefficient (Wildman–Crippen LogP) is 6.41. The fourth-order valence-corrected chi connectivity index (χ4v) is 4.72. The van der Waals surface area contributed by atoms with Gasteiger partial charge in [0.1, 0.15) is 11.8 Å². The summed E-state index contributed by atoms with van der Waals surface area (Å²) in [7, 11) is 1.34. The molecule has 0 bridgehead atoms. The number of nitrogens with zero attached hydrogens (tertiary/aromatic N) is 1. The summed E-state index contributed by atoms with van der Waals surface area (Å²) in [6, 6.07) is 30.7. The number of esters is 1. The second kappa shape index (κ2) is 15.2. The average molecular weight is 577 g/mol. The Morgan fingerprint density at radius 2 is 1.63 bits per heavy atom. The smallest absolute Gasteiger partial charge is 0.328 e. The van der Waals surface area contributed by atoms with E-state index in [2.05, 4.69) is 11.9 Å². The third kappa shape index (κ3) is 8.42. The molecule has 1 atom stereocenters. The molecular weight excluding hydrogens is 540 g/mol. The summed E-state index contributed by atoms with van der Waals surface area (Å²) in [5.74, 6) is -0.0442. The molecule has 4 aromatic carbocycles. The Bertz CT molecular complexity index is 1550. The van der Waals surface area contributed by atoms with E-state index in [1.807, 2.05) is 79.7 Å². The van der Waals surface area contributed by atoms with Crippen molar-refractivity contribution in [2.45, 2.75) is 25.8 Å². The summed E-state index contributed by atoms with van der Waals surface area (Å²) in [5, 5.41) is 3.23. The van der Waals surface area contributed by atoms with Crippen LogP contribution in [0, 0.1) is 6.92 Å². The number of anilines is 2. The van der Waals surface area contributed by atoms with Crippen molar-refractivity contribution < 1.29 is 23.9 Å². The Morgan fingerprint density at radius 3 is 2.33 bits per heavy atom. The van der Waals surface area contributed by atoms with E-state index >= 15 is 0 Å². The van der Waals surface area contributed by atoms with Crippen LogP contribution in [0.25, 0.3) is 0 Å². The molecule has 0 unspecified atom stereocenters. The Kier molecular flexibility index (Phi) is 10.9. The highest BCUT2D eigenvalue weighted by Crippen LogP contribution is 2.23. The van der Waals surface area contributed by atoms with Crippen molar-refractivity contribution >= 4 is 29.0 Å². The average Bonchev–Trinajstić information content (AvgIpc) is 3.04. The lowest BCUT2D eigenvalue weighted by molar-refractivity contribution is -0.141. The van der Waals surface area contributed by atoms with Crippen molar-refractivity contribution in [3.63, 3.8) is 0 Å². The van der Waals surface area contributed by atoms with Crippen LogP contribution in [0.5, 0.6) is 5.75 Å². The first-order valence-electron chi connectivity index (χ1n) is 14.1. The number of carbonyl (C=O) groups excluding carboxylic acids is 3. The first-order valence-corrected chi connectivity index (χ1v) is 14.1. The highest BCUT2D eigenvalue weighted by Gasteiger charge is 2.22. The maximum absolute atomic E-state index is 13.2. The number of nitrogens with one attached hydrogen (secondary N) is 1. The summed E-state index contributed by atoms with van der Waals surface area (Å²) in [6.45, 7) is 6.53. The summed E-state index contributed by atoms with van der Waals surface area (Å²) >= 11 is 0. The minimum Gasteiger partial charge on any atom is -0.494 e.